The van der Waals surface area contributed by atoms with Crippen molar-refractivity contribution in [3.05, 3.63) is 17.3 Å². The second kappa shape index (κ2) is 4.90. The molecule has 0 amide bonds. The summed E-state index contributed by atoms with van der Waals surface area (Å²) in [5.41, 5.74) is 0.628. The van der Waals surface area contributed by atoms with Crippen LogP contribution in [0.4, 0.5) is 0 Å². The topological polar surface area (TPSA) is 52.3 Å². The lowest BCUT2D eigenvalue weighted by Crippen LogP contribution is -2.18. The van der Waals surface area contributed by atoms with E-state index in [0.717, 1.165) is 6.42 Å². The first kappa shape index (κ1) is 15.1. The van der Waals surface area contributed by atoms with Gasteiger partial charge in [0.2, 0.25) is 5.76 Å². The number of hydrogen-bond acceptors (Lipinski definition) is 4. The van der Waals surface area contributed by atoms with Gasteiger partial charge in [0.1, 0.15) is 0 Å². The predicted molar refractivity (Wildman–Crippen MR) is 76.9 cm³/mol. The average Bonchev–Trinajstić information content (AvgIpc) is 2.90. The summed E-state index contributed by atoms with van der Waals surface area (Å²) in [7, 11) is 1.37. The maximum atomic E-state index is 11.9. The fourth-order valence-corrected chi connectivity index (χ4v) is 3.01. The average molecular weight is 279 g/mol. The van der Waals surface area contributed by atoms with E-state index in [1.54, 1.807) is 0 Å². The fourth-order valence-electron chi connectivity index (χ4n) is 3.01. The van der Waals surface area contributed by atoms with Crippen molar-refractivity contribution in [2.45, 2.75) is 65.2 Å². The number of ether oxygens (including phenoxy) is 1. The van der Waals surface area contributed by atoms with Gasteiger partial charge in [0.05, 0.1) is 12.8 Å². The smallest absolute Gasteiger partial charge is 0.376 e. The highest BCUT2D eigenvalue weighted by atomic mass is 16.5. The minimum Gasteiger partial charge on any atom is -0.463 e. The SMILES string of the molecule is COC(=O)c1oc(C2CCCC2(C)C)nc1C(C)(C)C. The van der Waals surface area contributed by atoms with Crippen LogP contribution >= 0.6 is 0 Å². The second-order valence-corrected chi connectivity index (χ2v) is 7.40. The zero-order valence-electron chi connectivity index (χ0n) is 13.4. The van der Waals surface area contributed by atoms with Crippen LogP contribution in [0.3, 0.4) is 0 Å². The molecule has 0 N–H and O–H groups in total. The molecule has 0 saturated heterocycles. The molecule has 4 nitrogen and oxygen atoms in total. The highest BCUT2D eigenvalue weighted by molar-refractivity contribution is 5.87. The number of carbonyl (C=O) groups is 1. The summed E-state index contributed by atoms with van der Waals surface area (Å²) in [6.07, 6.45) is 3.41. The van der Waals surface area contributed by atoms with Crippen LogP contribution < -0.4 is 0 Å². The van der Waals surface area contributed by atoms with Gasteiger partial charge in [-0.05, 0) is 18.3 Å². The fraction of sp³-hybridized carbons (Fsp3) is 0.750. The van der Waals surface area contributed by atoms with E-state index in [1.165, 1.54) is 20.0 Å². The van der Waals surface area contributed by atoms with Crippen molar-refractivity contribution in [2.24, 2.45) is 5.41 Å². The molecule has 0 aliphatic heterocycles. The number of aromatic nitrogens is 1. The Balaban J connectivity index is 2.47. The van der Waals surface area contributed by atoms with E-state index in [1.807, 2.05) is 20.8 Å². The third-order valence-corrected chi connectivity index (χ3v) is 4.28. The first-order valence-electron chi connectivity index (χ1n) is 7.26. The molecule has 1 aromatic rings. The lowest BCUT2D eigenvalue weighted by atomic mass is 9.82. The quantitative estimate of drug-likeness (QED) is 0.766. The number of hydrogen-bond donors (Lipinski definition) is 0. The molecule has 20 heavy (non-hydrogen) atoms. The van der Waals surface area contributed by atoms with Crippen molar-refractivity contribution in [1.29, 1.82) is 0 Å². The monoisotopic (exact) mass is 279 g/mol. The van der Waals surface area contributed by atoms with Crippen molar-refractivity contribution in [3.8, 4) is 0 Å². The Bertz CT molecular complexity index is 508. The van der Waals surface area contributed by atoms with E-state index in [-0.39, 0.29) is 22.5 Å². The van der Waals surface area contributed by atoms with Gasteiger partial charge in [-0.15, -0.1) is 0 Å². The normalized spacial score (nSPS) is 22.0. The molecule has 0 radical (unpaired) electrons. The van der Waals surface area contributed by atoms with E-state index >= 15 is 0 Å². The minimum atomic E-state index is -0.440. The molecule has 112 valence electrons. The first-order chi connectivity index (χ1) is 9.16. The standard InChI is InChI=1S/C16H25NO3/c1-15(2,3)12-11(14(18)19-6)20-13(17-12)10-8-7-9-16(10,4)5/h10H,7-9H2,1-6H3. The summed E-state index contributed by atoms with van der Waals surface area (Å²) in [5, 5.41) is 0. The van der Waals surface area contributed by atoms with Crippen molar-refractivity contribution >= 4 is 5.97 Å². The summed E-state index contributed by atoms with van der Waals surface area (Å²) in [6, 6.07) is 0. The first-order valence-corrected chi connectivity index (χ1v) is 7.26. The molecule has 1 fully saturated rings. The summed E-state index contributed by atoms with van der Waals surface area (Å²) in [6.45, 7) is 10.6. The lowest BCUT2D eigenvalue weighted by Gasteiger charge is -2.24. The molecule has 1 aliphatic carbocycles. The molecule has 1 saturated carbocycles. The van der Waals surface area contributed by atoms with Crippen LogP contribution in [-0.4, -0.2) is 18.1 Å². The van der Waals surface area contributed by atoms with Crippen LogP contribution in [0.5, 0.6) is 0 Å². The van der Waals surface area contributed by atoms with Gasteiger partial charge >= 0.3 is 5.97 Å². The van der Waals surface area contributed by atoms with E-state index in [9.17, 15) is 4.79 Å². The highest BCUT2D eigenvalue weighted by Crippen LogP contribution is 2.49. The molecule has 1 heterocycles. The minimum absolute atomic E-state index is 0.174. The molecule has 2 rings (SSSR count). The molecule has 1 atom stereocenters. The third-order valence-electron chi connectivity index (χ3n) is 4.28. The van der Waals surface area contributed by atoms with Gasteiger partial charge in [0.25, 0.3) is 0 Å². The van der Waals surface area contributed by atoms with Crippen LogP contribution in [-0.2, 0) is 10.2 Å². The Hall–Kier alpha value is -1.32. The van der Waals surface area contributed by atoms with E-state index in [2.05, 4.69) is 18.8 Å². The van der Waals surface area contributed by atoms with Crippen LogP contribution in [0.25, 0.3) is 0 Å². The number of esters is 1. The van der Waals surface area contributed by atoms with Gasteiger partial charge in [-0.25, -0.2) is 9.78 Å². The Morgan fingerprint density at radius 1 is 1.40 bits per heavy atom. The van der Waals surface area contributed by atoms with Crippen molar-refractivity contribution in [1.82, 2.24) is 4.98 Å². The van der Waals surface area contributed by atoms with Crippen molar-refractivity contribution < 1.29 is 13.9 Å². The summed E-state index contributed by atoms with van der Waals surface area (Å²) >= 11 is 0. The zero-order valence-corrected chi connectivity index (χ0v) is 13.4. The van der Waals surface area contributed by atoms with Gasteiger partial charge in [-0.2, -0.15) is 0 Å². The van der Waals surface area contributed by atoms with Crippen molar-refractivity contribution in [3.63, 3.8) is 0 Å². The zero-order chi connectivity index (χ0) is 15.1. The maximum Gasteiger partial charge on any atom is 0.376 e. The van der Waals surface area contributed by atoms with Gasteiger partial charge in [-0.1, -0.05) is 41.0 Å². The van der Waals surface area contributed by atoms with E-state index < -0.39 is 5.97 Å². The second-order valence-electron chi connectivity index (χ2n) is 7.40. The molecular formula is C16H25NO3. The lowest BCUT2D eigenvalue weighted by molar-refractivity contribution is 0.0557. The maximum absolute atomic E-state index is 11.9. The molecule has 1 unspecified atom stereocenters. The van der Waals surface area contributed by atoms with E-state index in [0.29, 0.717) is 11.6 Å². The number of carbonyl (C=O) groups excluding carboxylic acids is 1. The number of nitrogens with zero attached hydrogens (tertiary/aromatic N) is 1. The predicted octanol–water partition coefficient (Wildman–Crippen LogP) is 4.05. The molecule has 4 heteroatoms. The molecule has 0 aromatic carbocycles. The molecule has 1 aromatic heterocycles. The van der Waals surface area contributed by atoms with Crippen LogP contribution in [0, 0.1) is 5.41 Å². The largest absolute Gasteiger partial charge is 0.463 e. The number of rotatable bonds is 2. The van der Waals surface area contributed by atoms with Crippen LogP contribution in [0.2, 0.25) is 0 Å². The van der Waals surface area contributed by atoms with Gasteiger partial charge in [-0.3, -0.25) is 0 Å². The third kappa shape index (κ3) is 2.60. The molecule has 1 aliphatic rings. The highest BCUT2D eigenvalue weighted by Gasteiger charge is 2.41. The summed E-state index contributed by atoms with van der Waals surface area (Å²) < 4.78 is 10.7. The van der Waals surface area contributed by atoms with Crippen molar-refractivity contribution in [2.75, 3.05) is 7.11 Å². The Morgan fingerprint density at radius 3 is 2.50 bits per heavy atom. The summed E-state index contributed by atoms with van der Waals surface area (Å²) in [4.78, 5) is 16.6. The van der Waals surface area contributed by atoms with Crippen LogP contribution in [0.1, 0.15) is 81.9 Å². The number of methoxy groups -OCH3 is 1. The van der Waals surface area contributed by atoms with E-state index in [4.69, 9.17) is 9.15 Å². The molecule has 0 bridgehead atoms. The Morgan fingerprint density at radius 2 is 2.05 bits per heavy atom. The van der Waals surface area contributed by atoms with Crippen LogP contribution in [0.15, 0.2) is 4.42 Å². The molecule has 0 spiro atoms. The summed E-state index contributed by atoms with van der Waals surface area (Å²) in [5.74, 6) is 0.794. The van der Waals surface area contributed by atoms with Gasteiger partial charge in [0.15, 0.2) is 5.89 Å². The van der Waals surface area contributed by atoms with Gasteiger partial charge in [0, 0.05) is 11.3 Å². The Kier molecular flexibility index (Phi) is 3.69. The number of oxazole rings is 1. The molecular weight excluding hydrogens is 254 g/mol. The Labute approximate surface area is 120 Å². The van der Waals surface area contributed by atoms with Gasteiger partial charge < -0.3 is 9.15 Å².